The lowest BCUT2D eigenvalue weighted by Crippen LogP contribution is -2.18. The summed E-state index contributed by atoms with van der Waals surface area (Å²) in [5.74, 6) is 0.528. The number of hydrogen-bond donors (Lipinski definition) is 3. The van der Waals surface area contributed by atoms with E-state index >= 15 is 0 Å². The summed E-state index contributed by atoms with van der Waals surface area (Å²) in [4.78, 5) is 11.0. The number of carbonyl (C=O) groups is 1. The number of nitrogens with two attached hydrogens (primary N) is 1. The maximum absolute atomic E-state index is 9.70. The van der Waals surface area contributed by atoms with Gasteiger partial charge in [-0.05, 0) is 61.8 Å². The van der Waals surface area contributed by atoms with E-state index in [-0.39, 0.29) is 5.71 Å². The molecule has 1 aliphatic carbocycles. The molecule has 29 heavy (non-hydrogen) atoms. The number of hydrogen-bond acceptors (Lipinski definition) is 4. The Hall–Kier alpha value is -2.53. The molecule has 4 N–H and O–H groups in total. The first-order valence-corrected chi connectivity index (χ1v) is 11.1. The Morgan fingerprint density at radius 2 is 1.76 bits per heavy atom. The summed E-state index contributed by atoms with van der Waals surface area (Å²) in [5, 5.41) is 10.0. The molecule has 0 aromatic heterocycles. The Labute approximate surface area is 179 Å². The summed E-state index contributed by atoms with van der Waals surface area (Å²) in [6, 6.07) is 17.4. The summed E-state index contributed by atoms with van der Waals surface area (Å²) in [6.45, 7) is 7.57. The number of thioether (sulfide) groups is 1. The largest absolute Gasteiger partial charge is 0.365 e. The minimum absolute atomic E-state index is 0.102. The molecule has 4 nitrogen and oxygen atoms in total. The molecular formula is C24H33N3OS. The molecular weight excluding hydrogens is 378 g/mol. The molecule has 0 saturated carbocycles. The predicted octanol–water partition coefficient (Wildman–Crippen LogP) is 6.13. The second kappa shape index (κ2) is 13.6. The zero-order valence-electron chi connectivity index (χ0n) is 17.9. The van der Waals surface area contributed by atoms with Crippen LogP contribution >= 0.6 is 11.8 Å². The van der Waals surface area contributed by atoms with Crippen molar-refractivity contribution in [1.82, 2.24) is 0 Å². The van der Waals surface area contributed by atoms with E-state index in [0.29, 0.717) is 0 Å². The Kier molecular flexibility index (Phi) is 11.5. The molecule has 5 heteroatoms. The number of amides is 1. The van der Waals surface area contributed by atoms with Crippen LogP contribution in [0.3, 0.4) is 0 Å². The van der Waals surface area contributed by atoms with Crippen LogP contribution < -0.4 is 11.1 Å². The monoisotopic (exact) mass is 411 g/mol. The van der Waals surface area contributed by atoms with Crippen LogP contribution in [0.4, 0.5) is 5.69 Å². The maximum atomic E-state index is 9.70. The minimum Gasteiger partial charge on any atom is -0.365 e. The van der Waals surface area contributed by atoms with Crippen molar-refractivity contribution < 1.29 is 4.79 Å². The third-order valence-corrected chi connectivity index (χ3v) is 5.26. The average Bonchev–Trinajstić information content (AvgIpc) is 2.75. The standard InChI is InChI=1S/C19H21NS.C3H6N2O.C2H6/c1-2-14-21-17-12-10-16(11-13-17)20-19-9-5-7-15-6-3-4-8-18(15)19;1-2(4)3(5)6;1-2/h3-4,6,8-13,20H,2,5,7,14H2,1H3;4H,1H3,(H2,5,6);1-2H3. The lowest BCUT2D eigenvalue weighted by Gasteiger charge is -2.19. The molecule has 2 aromatic rings. The van der Waals surface area contributed by atoms with Crippen molar-refractivity contribution in [2.75, 3.05) is 11.1 Å². The smallest absolute Gasteiger partial charge is 0.262 e. The van der Waals surface area contributed by atoms with E-state index in [1.165, 1.54) is 46.5 Å². The second-order valence-electron chi connectivity index (χ2n) is 6.30. The van der Waals surface area contributed by atoms with Crippen molar-refractivity contribution in [3.05, 3.63) is 65.7 Å². The summed E-state index contributed by atoms with van der Waals surface area (Å²) >= 11 is 1.92. The molecule has 3 rings (SSSR count). The Balaban J connectivity index is 0.000000454. The molecule has 0 saturated heterocycles. The molecule has 2 aromatic carbocycles. The molecule has 0 unspecified atom stereocenters. The number of fused-ring (bicyclic) bond motifs is 1. The van der Waals surface area contributed by atoms with Gasteiger partial charge in [0.25, 0.3) is 5.91 Å². The topological polar surface area (TPSA) is 79.0 Å². The number of rotatable bonds is 6. The molecule has 1 amide bonds. The van der Waals surface area contributed by atoms with Crippen LogP contribution in [0, 0.1) is 5.41 Å². The third-order valence-electron chi connectivity index (χ3n) is 4.05. The van der Waals surface area contributed by atoms with Crippen molar-refractivity contribution in [2.24, 2.45) is 5.73 Å². The molecule has 0 fully saturated rings. The molecule has 1 aliphatic rings. The van der Waals surface area contributed by atoms with Gasteiger partial charge in [0.15, 0.2) is 0 Å². The first kappa shape index (κ1) is 24.5. The second-order valence-corrected chi connectivity index (χ2v) is 7.47. The number of aryl methyl sites for hydroxylation is 1. The summed E-state index contributed by atoms with van der Waals surface area (Å²) in [6.07, 6.45) is 5.79. The summed E-state index contributed by atoms with van der Waals surface area (Å²) in [7, 11) is 0. The van der Waals surface area contributed by atoms with Gasteiger partial charge in [0, 0.05) is 21.8 Å². The summed E-state index contributed by atoms with van der Waals surface area (Å²) < 4.78 is 0. The number of primary amides is 1. The van der Waals surface area contributed by atoms with Crippen LogP contribution in [0.15, 0.2) is 59.5 Å². The highest BCUT2D eigenvalue weighted by Crippen LogP contribution is 2.28. The normalized spacial score (nSPS) is 11.5. The first-order valence-electron chi connectivity index (χ1n) is 10.1. The van der Waals surface area contributed by atoms with E-state index in [2.05, 4.69) is 72.6 Å². The highest BCUT2D eigenvalue weighted by Gasteiger charge is 2.11. The van der Waals surface area contributed by atoms with E-state index < -0.39 is 5.91 Å². The lowest BCUT2D eigenvalue weighted by molar-refractivity contribution is -0.112. The number of nitrogens with one attached hydrogen (secondary N) is 2. The fraction of sp³-hybridized carbons (Fsp3) is 0.333. The molecule has 0 aliphatic heterocycles. The van der Waals surface area contributed by atoms with Gasteiger partial charge < -0.3 is 11.1 Å². The van der Waals surface area contributed by atoms with E-state index in [0.717, 1.165) is 12.8 Å². The zero-order chi connectivity index (χ0) is 21.6. The molecule has 0 atom stereocenters. The predicted molar refractivity (Wildman–Crippen MR) is 128 cm³/mol. The fourth-order valence-electron chi connectivity index (χ4n) is 2.61. The highest BCUT2D eigenvalue weighted by molar-refractivity contribution is 7.99. The lowest BCUT2D eigenvalue weighted by atomic mass is 9.94. The SMILES string of the molecule is CC.CC(=N)C(N)=O.CCCSc1ccc(NC2=CCCc3ccccc32)cc1. The molecule has 0 heterocycles. The van der Waals surface area contributed by atoms with Gasteiger partial charge in [-0.3, -0.25) is 10.2 Å². The van der Waals surface area contributed by atoms with E-state index in [1.807, 2.05) is 25.6 Å². The Morgan fingerprint density at radius 1 is 1.14 bits per heavy atom. The van der Waals surface area contributed by atoms with E-state index in [9.17, 15) is 4.79 Å². The Bertz CT molecular complexity index is 801. The number of carbonyl (C=O) groups excluding carboxylic acids is 1. The quantitative estimate of drug-likeness (QED) is 0.395. The molecule has 156 valence electrons. The van der Waals surface area contributed by atoms with Gasteiger partial charge in [0.2, 0.25) is 0 Å². The van der Waals surface area contributed by atoms with Crippen LogP contribution in [-0.2, 0) is 11.2 Å². The summed E-state index contributed by atoms with van der Waals surface area (Å²) in [5.41, 5.74) is 9.66. The van der Waals surface area contributed by atoms with Crippen molar-refractivity contribution >= 4 is 34.8 Å². The Morgan fingerprint density at radius 3 is 2.34 bits per heavy atom. The van der Waals surface area contributed by atoms with Gasteiger partial charge >= 0.3 is 0 Å². The average molecular weight is 412 g/mol. The van der Waals surface area contributed by atoms with Gasteiger partial charge in [-0.15, -0.1) is 11.8 Å². The van der Waals surface area contributed by atoms with E-state index in [4.69, 9.17) is 5.41 Å². The van der Waals surface area contributed by atoms with Gasteiger partial charge in [-0.25, -0.2) is 0 Å². The van der Waals surface area contributed by atoms with Crippen molar-refractivity contribution in [1.29, 1.82) is 5.41 Å². The molecule has 0 radical (unpaired) electrons. The van der Waals surface area contributed by atoms with Crippen LogP contribution in [-0.4, -0.2) is 17.4 Å². The van der Waals surface area contributed by atoms with Gasteiger partial charge in [-0.2, -0.15) is 0 Å². The first-order chi connectivity index (χ1) is 14.0. The number of anilines is 1. The highest BCUT2D eigenvalue weighted by atomic mass is 32.2. The molecule has 0 spiro atoms. The number of benzene rings is 2. The maximum Gasteiger partial charge on any atom is 0.262 e. The van der Waals surface area contributed by atoms with Gasteiger partial charge in [0.05, 0.1) is 5.71 Å². The van der Waals surface area contributed by atoms with Crippen molar-refractivity contribution in [3.8, 4) is 0 Å². The van der Waals surface area contributed by atoms with Crippen LogP contribution in [0.5, 0.6) is 0 Å². The van der Waals surface area contributed by atoms with Crippen LogP contribution in [0.1, 0.15) is 51.7 Å². The zero-order valence-corrected chi connectivity index (χ0v) is 18.7. The van der Waals surface area contributed by atoms with Gasteiger partial charge in [-0.1, -0.05) is 51.1 Å². The fourth-order valence-corrected chi connectivity index (χ4v) is 3.38. The third kappa shape index (κ3) is 8.57. The van der Waals surface area contributed by atoms with Crippen molar-refractivity contribution in [3.63, 3.8) is 0 Å². The van der Waals surface area contributed by atoms with Gasteiger partial charge in [0.1, 0.15) is 0 Å². The van der Waals surface area contributed by atoms with Crippen LogP contribution in [0.25, 0.3) is 5.70 Å². The minimum atomic E-state index is -0.657. The molecule has 0 bridgehead atoms. The van der Waals surface area contributed by atoms with Crippen molar-refractivity contribution in [2.45, 2.75) is 51.9 Å². The van der Waals surface area contributed by atoms with Crippen LogP contribution in [0.2, 0.25) is 0 Å². The van der Waals surface area contributed by atoms with E-state index in [1.54, 1.807) is 0 Å². The number of allylic oxidation sites excluding steroid dienone is 1.